The maximum Gasteiger partial charge on any atom is 0.166 e. The number of pyridine rings is 1. The third-order valence-corrected chi connectivity index (χ3v) is 3.52. The molecule has 0 aliphatic rings. The van der Waals surface area contributed by atoms with Gasteiger partial charge in [0.1, 0.15) is 5.65 Å². The fourth-order valence-corrected chi connectivity index (χ4v) is 2.34. The van der Waals surface area contributed by atoms with E-state index in [0.717, 1.165) is 28.5 Å². The van der Waals surface area contributed by atoms with Gasteiger partial charge in [-0.2, -0.15) is 0 Å². The average Bonchev–Trinajstić information content (AvgIpc) is 2.83. The Bertz CT molecular complexity index is 731. The van der Waals surface area contributed by atoms with Crippen molar-refractivity contribution in [3.63, 3.8) is 0 Å². The summed E-state index contributed by atoms with van der Waals surface area (Å²) >= 11 is 3.42. The summed E-state index contributed by atoms with van der Waals surface area (Å²) < 4.78 is 2.88. The zero-order chi connectivity index (χ0) is 13.2. The molecule has 94 valence electrons. The van der Waals surface area contributed by atoms with Crippen molar-refractivity contribution >= 4 is 27.9 Å². The summed E-state index contributed by atoms with van der Waals surface area (Å²) in [6.45, 7) is 0. The van der Waals surface area contributed by atoms with Gasteiger partial charge in [-0.1, -0.05) is 34.1 Å². The van der Waals surface area contributed by atoms with E-state index in [1.807, 2.05) is 34.9 Å². The lowest BCUT2D eigenvalue weighted by molar-refractivity contribution is 0.111. The van der Waals surface area contributed by atoms with Crippen molar-refractivity contribution in [1.82, 2.24) is 9.38 Å². The average molecular weight is 315 g/mol. The molecule has 2 heterocycles. The van der Waals surface area contributed by atoms with Gasteiger partial charge in [0.2, 0.25) is 0 Å². The summed E-state index contributed by atoms with van der Waals surface area (Å²) in [6, 6.07) is 13.7. The maximum atomic E-state index is 11.0. The van der Waals surface area contributed by atoms with Gasteiger partial charge in [0.25, 0.3) is 0 Å². The molecule has 3 nitrogen and oxygen atoms in total. The SMILES string of the molecule is O=Cc1cccc2nc(Cc3ccc(Br)cc3)cn12. The van der Waals surface area contributed by atoms with Gasteiger partial charge in [-0.25, -0.2) is 4.98 Å². The minimum Gasteiger partial charge on any atom is -0.297 e. The Morgan fingerprint density at radius 3 is 2.68 bits per heavy atom. The quantitative estimate of drug-likeness (QED) is 0.693. The smallest absolute Gasteiger partial charge is 0.166 e. The predicted octanol–water partition coefficient (Wildman–Crippen LogP) is 3.50. The Kier molecular flexibility index (Phi) is 3.17. The van der Waals surface area contributed by atoms with E-state index in [0.29, 0.717) is 5.69 Å². The highest BCUT2D eigenvalue weighted by Crippen LogP contribution is 2.15. The lowest BCUT2D eigenvalue weighted by Crippen LogP contribution is -1.92. The largest absolute Gasteiger partial charge is 0.297 e. The van der Waals surface area contributed by atoms with Crippen LogP contribution in [0.5, 0.6) is 0 Å². The van der Waals surface area contributed by atoms with Crippen molar-refractivity contribution in [2.24, 2.45) is 0 Å². The van der Waals surface area contributed by atoms with Crippen LogP contribution in [-0.2, 0) is 6.42 Å². The van der Waals surface area contributed by atoms with Crippen LogP contribution < -0.4 is 0 Å². The maximum absolute atomic E-state index is 11.0. The first-order chi connectivity index (χ1) is 9.26. The third kappa shape index (κ3) is 2.44. The molecular weight excluding hydrogens is 304 g/mol. The molecule has 19 heavy (non-hydrogen) atoms. The van der Waals surface area contributed by atoms with Gasteiger partial charge in [-0.05, 0) is 29.8 Å². The summed E-state index contributed by atoms with van der Waals surface area (Å²) in [5, 5.41) is 0. The van der Waals surface area contributed by atoms with Gasteiger partial charge in [0.05, 0.1) is 11.4 Å². The molecule has 2 aromatic heterocycles. The van der Waals surface area contributed by atoms with Crippen LogP contribution in [0.4, 0.5) is 0 Å². The Balaban J connectivity index is 1.97. The molecule has 0 spiro atoms. The van der Waals surface area contributed by atoms with Crippen molar-refractivity contribution in [3.05, 3.63) is 70.1 Å². The monoisotopic (exact) mass is 314 g/mol. The summed E-state index contributed by atoms with van der Waals surface area (Å²) in [7, 11) is 0. The van der Waals surface area contributed by atoms with Crippen LogP contribution in [0.2, 0.25) is 0 Å². The van der Waals surface area contributed by atoms with Crippen molar-refractivity contribution in [2.75, 3.05) is 0 Å². The van der Waals surface area contributed by atoms with Crippen molar-refractivity contribution in [1.29, 1.82) is 0 Å². The summed E-state index contributed by atoms with van der Waals surface area (Å²) in [5.74, 6) is 0. The van der Waals surface area contributed by atoms with Crippen molar-refractivity contribution < 1.29 is 4.79 Å². The van der Waals surface area contributed by atoms with E-state index in [1.54, 1.807) is 6.07 Å². The second kappa shape index (κ2) is 4.97. The van der Waals surface area contributed by atoms with Gasteiger partial charge in [-0.15, -0.1) is 0 Å². The van der Waals surface area contributed by atoms with Gasteiger partial charge < -0.3 is 0 Å². The van der Waals surface area contributed by atoms with Crippen LogP contribution >= 0.6 is 15.9 Å². The number of halogens is 1. The minimum atomic E-state index is 0.618. The third-order valence-electron chi connectivity index (χ3n) is 2.99. The Morgan fingerprint density at radius 2 is 1.95 bits per heavy atom. The van der Waals surface area contributed by atoms with Gasteiger partial charge in [0.15, 0.2) is 6.29 Å². The van der Waals surface area contributed by atoms with E-state index in [-0.39, 0.29) is 0 Å². The number of rotatable bonds is 3. The zero-order valence-electron chi connectivity index (χ0n) is 10.1. The van der Waals surface area contributed by atoms with Gasteiger partial charge in [0, 0.05) is 17.1 Å². The molecular formula is C15H11BrN2O. The van der Waals surface area contributed by atoms with E-state index in [4.69, 9.17) is 0 Å². The Morgan fingerprint density at radius 1 is 1.16 bits per heavy atom. The normalized spacial score (nSPS) is 10.8. The molecule has 0 unspecified atom stereocenters. The van der Waals surface area contributed by atoms with Crippen LogP contribution in [0.15, 0.2) is 53.1 Å². The molecule has 0 atom stereocenters. The van der Waals surface area contributed by atoms with E-state index in [9.17, 15) is 4.79 Å². The van der Waals surface area contributed by atoms with Crippen LogP contribution in [-0.4, -0.2) is 15.7 Å². The van der Waals surface area contributed by atoms with Gasteiger partial charge >= 0.3 is 0 Å². The number of benzene rings is 1. The fraction of sp³-hybridized carbons (Fsp3) is 0.0667. The number of carbonyl (C=O) groups excluding carboxylic acids is 1. The highest BCUT2D eigenvalue weighted by Gasteiger charge is 2.05. The molecule has 0 N–H and O–H groups in total. The number of aromatic nitrogens is 2. The molecule has 3 aromatic rings. The first-order valence-electron chi connectivity index (χ1n) is 5.93. The predicted molar refractivity (Wildman–Crippen MR) is 77.5 cm³/mol. The molecule has 0 amide bonds. The highest BCUT2D eigenvalue weighted by molar-refractivity contribution is 9.10. The van der Waals surface area contributed by atoms with Crippen LogP contribution in [0.3, 0.4) is 0 Å². The molecule has 0 radical (unpaired) electrons. The number of carbonyl (C=O) groups is 1. The van der Waals surface area contributed by atoms with Crippen LogP contribution in [0, 0.1) is 0 Å². The second-order valence-electron chi connectivity index (χ2n) is 4.33. The molecule has 4 heteroatoms. The number of hydrogen-bond donors (Lipinski definition) is 0. The number of hydrogen-bond acceptors (Lipinski definition) is 2. The Hall–Kier alpha value is -1.94. The number of fused-ring (bicyclic) bond motifs is 1. The second-order valence-corrected chi connectivity index (χ2v) is 5.25. The van der Waals surface area contributed by atoms with E-state index in [1.165, 1.54) is 5.56 Å². The molecule has 0 aliphatic carbocycles. The highest BCUT2D eigenvalue weighted by atomic mass is 79.9. The minimum absolute atomic E-state index is 0.618. The molecule has 3 rings (SSSR count). The number of aldehydes is 1. The number of nitrogens with zero attached hydrogens (tertiary/aromatic N) is 2. The first kappa shape index (κ1) is 12.1. The molecule has 0 saturated heterocycles. The number of imidazole rings is 1. The zero-order valence-corrected chi connectivity index (χ0v) is 11.7. The summed E-state index contributed by atoms with van der Waals surface area (Å²) in [5.41, 5.74) is 3.57. The molecule has 0 bridgehead atoms. The molecule has 0 saturated carbocycles. The van der Waals surface area contributed by atoms with Gasteiger partial charge in [-0.3, -0.25) is 9.20 Å². The van der Waals surface area contributed by atoms with Crippen LogP contribution in [0.1, 0.15) is 21.7 Å². The van der Waals surface area contributed by atoms with Crippen molar-refractivity contribution in [3.8, 4) is 0 Å². The Labute approximate surface area is 119 Å². The molecule has 0 fully saturated rings. The molecule has 0 aliphatic heterocycles. The van der Waals surface area contributed by atoms with E-state index in [2.05, 4.69) is 33.0 Å². The van der Waals surface area contributed by atoms with Crippen molar-refractivity contribution in [2.45, 2.75) is 6.42 Å². The van der Waals surface area contributed by atoms with Crippen LogP contribution in [0.25, 0.3) is 5.65 Å². The lowest BCUT2D eigenvalue weighted by Gasteiger charge is -1.97. The topological polar surface area (TPSA) is 34.4 Å². The summed E-state index contributed by atoms with van der Waals surface area (Å²) in [4.78, 5) is 15.5. The van der Waals surface area contributed by atoms with E-state index >= 15 is 0 Å². The fourth-order valence-electron chi connectivity index (χ4n) is 2.08. The standard InChI is InChI=1S/C15H11BrN2O/c16-12-6-4-11(5-7-12)8-13-9-18-14(10-19)2-1-3-15(18)17-13/h1-7,9-10H,8H2. The first-order valence-corrected chi connectivity index (χ1v) is 6.72. The molecule has 1 aromatic carbocycles. The lowest BCUT2D eigenvalue weighted by atomic mass is 10.1. The van der Waals surface area contributed by atoms with E-state index < -0.39 is 0 Å². The summed E-state index contributed by atoms with van der Waals surface area (Å²) in [6.07, 6.45) is 3.52.